The van der Waals surface area contributed by atoms with Crippen molar-refractivity contribution in [2.24, 2.45) is 0 Å². The highest BCUT2D eigenvalue weighted by atomic mass is 16.2. The van der Waals surface area contributed by atoms with E-state index in [-0.39, 0.29) is 23.9 Å². The Morgan fingerprint density at radius 2 is 2.10 bits per heavy atom. The van der Waals surface area contributed by atoms with Crippen molar-refractivity contribution in [2.45, 2.75) is 32.6 Å². The fourth-order valence-electron chi connectivity index (χ4n) is 2.28. The fraction of sp³-hybridized carbons (Fsp3) is 0.643. The Labute approximate surface area is 118 Å². The first-order chi connectivity index (χ1) is 9.47. The van der Waals surface area contributed by atoms with E-state index < -0.39 is 0 Å². The van der Waals surface area contributed by atoms with Gasteiger partial charge in [-0.15, -0.1) is 0 Å². The van der Waals surface area contributed by atoms with Crippen molar-refractivity contribution in [3.8, 4) is 0 Å². The Hall–Kier alpha value is -1.85. The molecule has 1 saturated heterocycles. The summed E-state index contributed by atoms with van der Waals surface area (Å²) in [6.45, 7) is 5.88. The van der Waals surface area contributed by atoms with Crippen LogP contribution in [0.4, 0.5) is 5.82 Å². The molecule has 1 amide bonds. The second-order valence-corrected chi connectivity index (χ2v) is 5.59. The van der Waals surface area contributed by atoms with E-state index in [2.05, 4.69) is 9.97 Å². The molecule has 0 atom stereocenters. The smallest absolute Gasteiger partial charge is 0.252 e. The Bertz CT molecular complexity index is 532. The molecule has 0 aliphatic carbocycles. The highest BCUT2D eigenvalue weighted by molar-refractivity contribution is 5.81. The number of anilines is 1. The lowest BCUT2D eigenvalue weighted by Crippen LogP contribution is -2.38. The van der Waals surface area contributed by atoms with Gasteiger partial charge < -0.3 is 14.8 Å². The number of nitrogens with one attached hydrogen (secondary N) is 1. The molecule has 6 heteroatoms. The minimum atomic E-state index is -0.181. The fourth-order valence-corrected chi connectivity index (χ4v) is 2.28. The van der Waals surface area contributed by atoms with Crippen LogP contribution in [0.1, 0.15) is 38.4 Å². The summed E-state index contributed by atoms with van der Waals surface area (Å²) in [4.78, 5) is 34.5. The number of carbonyl (C=O) groups is 1. The third-order valence-corrected chi connectivity index (χ3v) is 3.52. The zero-order valence-corrected chi connectivity index (χ0v) is 12.3. The number of amides is 1. The third kappa shape index (κ3) is 3.37. The van der Waals surface area contributed by atoms with Gasteiger partial charge in [-0.2, -0.15) is 0 Å². The normalized spacial score (nSPS) is 14.9. The molecular weight excluding hydrogens is 256 g/mol. The molecule has 2 rings (SSSR count). The molecule has 1 aliphatic rings. The van der Waals surface area contributed by atoms with E-state index in [1.807, 2.05) is 18.7 Å². The number of likely N-dealkylation sites (N-methyl/N-ethyl adjacent to an activating group) is 1. The van der Waals surface area contributed by atoms with Gasteiger partial charge in [0, 0.05) is 32.1 Å². The number of aromatic amines is 1. The van der Waals surface area contributed by atoms with Gasteiger partial charge in [-0.1, -0.05) is 13.8 Å². The van der Waals surface area contributed by atoms with Gasteiger partial charge in [-0.05, 0) is 12.8 Å². The third-order valence-electron chi connectivity index (χ3n) is 3.52. The first-order valence-corrected chi connectivity index (χ1v) is 7.07. The molecule has 0 radical (unpaired) electrons. The minimum absolute atomic E-state index is 0.0955. The quantitative estimate of drug-likeness (QED) is 0.890. The van der Waals surface area contributed by atoms with Crippen LogP contribution in [0.3, 0.4) is 0 Å². The van der Waals surface area contributed by atoms with E-state index in [0.717, 1.165) is 25.9 Å². The maximum atomic E-state index is 12.1. The van der Waals surface area contributed by atoms with Crippen molar-refractivity contribution < 1.29 is 4.79 Å². The second kappa shape index (κ2) is 6.07. The maximum absolute atomic E-state index is 12.1. The van der Waals surface area contributed by atoms with E-state index in [4.69, 9.17) is 0 Å². The molecule has 0 spiro atoms. The molecule has 1 N–H and O–H groups in total. The largest absolute Gasteiger partial charge is 0.350 e. The van der Waals surface area contributed by atoms with Crippen molar-refractivity contribution in [3.63, 3.8) is 0 Å². The molecule has 0 unspecified atom stereocenters. The van der Waals surface area contributed by atoms with Crippen molar-refractivity contribution in [3.05, 3.63) is 22.2 Å². The lowest BCUT2D eigenvalue weighted by molar-refractivity contribution is -0.128. The van der Waals surface area contributed by atoms with E-state index in [1.54, 1.807) is 11.9 Å². The van der Waals surface area contributed by atoms with E-state index >= 15 is 0 Å². The molecule has 1 aromatic rings. The van der Waals surface area contributed by atoms with Crippen LogP contribution in [0.25, 0.3) is 0 Å². The minimum Gasteiger partial charge on any atom is -0.350 e. The Balaban J connectivity index is 2.10. The molecule has 1 aliphatic heterocycles. The van der Waals surface area contributed by atoms with Crippen LogP contribution in [0.15, 0.2) is 10.9 Å². The van der Waals surface area contributed by atoms with Gasteiger partial charge in [0.05, 0.1) is 6.54 Å². The van der Waals surface area contributed by atoms with Crippen LogP contribution < -0.4 is 10.5 Å². The highest BCUT2D eigenvalue weighted by Crippen LogP contribution is 2.13. The summed E-state index contributed by atoms with van der Waals surface area (Å²) in [5, 5.41) is 0. The first-order valence-electron chi connectivity index (χ1n) is 7.07. The summed E-state index contributed by atoms with van der Waals surface area (Å²) < 4.78 is 0. The van der Waals surface area contributed by atoms with Crippen molar-refractivity contribution >= 4 is 11.7 Å². The predicted molar refractivity (Wildman–Crippen MR) is 78.0 cm³/mol. The summed E-state index contributed by atoms with van der Waals surface area (Å²) >= 11 is 0. The average Bonchev–Trinajstić information content (AvgIpc) is 2.91. The van der Waals surface area contributed by atoms with Gasteiger partial charge >= 0.3 is 0 Å². The van der Waals surface area contributed by atoms with Crippen LogP contribution in [-0.2, 0) is 4.79 Å². The number of aromatic nitrogens is 2. The molecular formula is C14H22N4O2. The predicted octanol–water partition coefficient (Wildman–Crippen LogP) is 0.952. The Kier molecular flexibility index (Phi) is 4.42. The van der Waals surface area contributed by atoms with Crippen LogP contribution >= 0.6 is 0 Å². The number of hydrogen-bond acceptors (Lipinski definition) is 4. The molecule has 110 valence electrons. The zero-order valence-electron chi connectivity index (χ0n) is 12.3. The van der Waals surface area contributed by atoms with Crippen LogP contribution in [0.2, 0.25) is 0 Å². The molecule has 20 heavy (non-hydrogen) atoms. The van der Waals surface area contributed by atoms with Gasteiger partial charge in [0.1, 0.15) is 11.6 Å². The number of H-pyrrole nitrogens is 1. The Morgan fingerprint density at radius 3 is 2.70 bits per heavy atom. The van der Waals surface area contributed by atoms with Crippen molar-refractivity contribution in [1.29, 1.82) is 0 Å². The molecule has 0 bridgehead atoms. The average molecular weight is 278 g/mol. The van der Waals surface area contributed by atoms with E-state index in [1.165, 1.54) is 6.07 Å². The highest BCUT2D eigenvalue weighted by Gasteiger charge is 2.20. The van der Waals surface area contributed by atoms with Gasteiger partial charge in [0.2, 0.25) is 5.91 Å². The van der Waals surface area contributed by atoms with E-state index in [0.29, 0.717) is 11.6 Å². The summed E-state index contributed by atoms with van der Waals surface area (Å²) in [6.07, 6.45) is 2.16. The molecule has 1 fully saturated rings. The monoisotopic (exact) mass is 278 g/mol. The van der Waals surface area contributed by atoms with Crippen LogP contribution in [-0.4, -0.2) is 47.5 Å². The number of likely N-dealkylation sites (tertiary alicyclic amines) is 1. The number of carbonyl (C=O) groups excluding carboxylic acids is 1. The van der Waals surface area contributed by atoms with E-state index in [9.17, 15) is 9.59 Å². The number of hydrogen-bond donors (Lipinski definition) is 1. The molecule has 1 aromatic heterocycles. The SMILES string of the molecule is CC(C)c1nc(N(C)CC(=O)N2CCCC2)cc(=O)[nH]1. The summed E-state index contributed by atoms with van der Waals surface area (Å²) in [5.41, 5.74) is -0.181. The van der Waals surface area contributed by atoms with Crippen molar-refractivity contribution in [1.82, 2.24) is 14.9 Å². The topological polar surface area (TPSA) is 69.3 Å². The zero-order chi connectivity index (χ0) is 14.7. The van der Waals surface area contributed by atoms with Gasteiger partial charge in [0.25, 0.3) is 5.56 Å². The lowest BCUT2D eigenvalue weighted by atomic mass is 10.2. The van der Waals surface area contributed by atoms with Gasteiger partial charge in [-0.25, -0.2) is 4.98 Å². The molecule has 0 aromatic carbocycles. The number of rotatable bonds is 4. The lowest BCUT2D eigenvalue weighted by Gasteiger charge is -2.22. The standard InChI is InChI=1S/C14H22N4O2/c1-10(2)14-15-11(8-12(19)16-14)17(3)9-13(20)18-6-4-5-7-18/h8,10H,4-7,9H2,1-3H3,(H,15,16,19). The molecule has 6 nitrogen and oxygen atoms in total. The van der Waals surface area contributed by atoms with Crippen LogP contribution in [0.5, 0.6) is 0 Å². The molecule has 0 saturated carbocycles. The van der Waals surface area contributed by atoms with Gasteiger partial charge in [0.15, 0.2) is 0 Å². The van der Waals surface area contributed by atoms with Gasteiger partial charge in [-0.3, -0.25) is 9.59 Å². The van der Waals surface area contributed by atoms with Crippen molar-refractivity contribution in [2.75, 3.05) is 31.6 Å². The molecule has 2 heterocycles. The maximum Gasteiger partial charge on any atom is 0.252 e. The Morgan fingerprint density at radius 1 is 1.45 bits per heavy atom. The summed E-state index contributed by atoms with van der Waals surface area (Å²) in [7, 11) is 1.79. The summed E-state index contributed by atoms with van der Waals surface area (Å²) in [6, 6.07) is 1.43. The summed E-state index contributed by atoms with van der Waals surface area (Å²) in [5.74, 6) is 1.43. The van der Waals surface area contributed by atoms with Crippen LogP contribution in [0, 0.1) is 0 Å². The number of nitrogens with zero attached hydrogens (tertiary/aromatic N) is 3. The second-order valence-electron chi connectivity index (χ2n) is 5.59. The first kappa shape index (κ1) is 14.6.